The highest BCUT2D eigenvalue weighted by Crippen LogP contribution is 2.25. The molecule has 0 atom stereocenters. The summed E-state index contributed by atoms with van der Waals surface area (Å²) in [5, 5.41) is 0. The molecule has 7 heteroatoms. The van der Waals surface area contributed by atoms with Crippen LogP contribution in [0.1, 0.15) is 28.5 Å². The topological polar surface area (TPSA) is 79.7 Å². The van der Waals surface area contributed by atoms with Gasteiger partial charge in [-0.2, -0.15) is 0 Å². The first-order chi connectivity index (χ1) is 13.5. The number of methoxy groups -OCH3 is 2. The van der Waals surface area contributed by atoms with Gasteiger partial charge in [0.25, 0.3) is 5.56 Å². The Morgan fingerprint density at radius 1 is 1.11 bits per heavy atom. The zero-order valence-electron chi connectivity index (χ0n) is 16.3. The van der Waals surface area contributed by atoms with Crippen LogP contribution in [0.15, 0.2) is 41.2 Å². The summed E-state index contributed by atoms with van der Waals surface area (Å²) in [6, 6.07) is 10.3. The summed E-state index contributed by atoms with van der Waals surface area (Å²) in [7, 11) is 3.12. The zero-order valence-corrected chi connectivity index (χ0v) is 16.3. The molecule has 146 valence electrons. The number of carbonyl (C=O) groups excluding carboxylic acids is 1. The average Bonchev–Trinajstić information content (AvgIpc) is 2.72. The molecule has 0 radical (unpaired) electrons. The van der Waals surface area contributed by atoms with E-state index in [0.29, 0.717) is 45.9 Å². The highest BCUT2D eigenvalue weighted by molar-refractivity contribution is 5.93. The highest BCUT2D eigenvalue weighted by atomic mass is 16.5. The maximum atomic E-state index is 12.5. The van der Waals surface area contributed by atoms with Crippen molar-refractivity contribution in [3.63, 3.8) is 0 Å². The number of carbonyl (C=O) groups is 1. The van der Waals surface area contributed by atoms with Gasteiger partial charge in [0.1, 0.15) is 23.8 Å². The molecule has 0 aliphatic rings. The van der Waals surface area contributed by atoms with Crippen LogP contribution in [0.5, 0.6) is 11.5 Å². The summed E-state index contributed by atoms with van der Waals surface area (Å²) < 4.78 is 17.6. The first-order valence-corrected chi connectivity index (χ1v) is 8.87. The average molecular weight is 382 g/mol. The van der Waals surface area contributed by atoms with Gasteiger partial charge in [-0.3, -0.25) is 4.79 Å². The molecule has 7 nitrogen and oxygen atoms in total. The summed E-state index contributed by atoms with van der Waals surface area (Å²) in [5.74, 6) is 0.770. The molecular formula is C21H22N2O5. The van der Waals surface area contributed by atoms with Crippen molar-refractivity contribution in [3.05, 3.63) is 63.6 Å². The molecule has 0 N–H and O–H groups in total. The van der Waals surface area contributed by atoms with E-state index in [1.807, 2.05) is 6.92 Å². The number of ether oxygens (including phenoxy) is 3. The Kier molecular flexibility index (Phi) is 5.63. The second-order valence-electron chi connectivity index (χ2n) is 6.20. The fourth-order valence-electron chi connectivity index (χ4n) is 3.04. The first kappa shape index (κ1) is 19.4. The SMILES string of the molecule is CCn1c(=O)c(C)nc2cc(C(=O)OCc3cc(OC)ccc3OC)ccc21. The van der Waals surface area contributed by atoms with Crippen LogP contribution in [-0.2, 0) is 17.9 Å². The lowest BCUT2D eigenvalue weighted by Crippen LogP contribution is -2.23. The van der Waals surface area contributed by atoms with Crippen molar-refractivity contribution in [3.8, 4) is 11.5 Å². The number of esters is 1. The van der Waals surface area contributed by atoms with Crippen molar-refractivity contribution in [2.75, 3.05) is 14.2 Å². The molecule has 0 fully saturated rings. The van der Waals surface area contributed by atoms with Gasteiger partial charge < -0.3 is 18.8 Å². The van der Waals surface area contributed by atoms with E-state index in [9.17, 15) is 9.59 Å². The monoisotopic (exact) mass is 382 g/mol. The quantitative estimate of drug-likeness (QED) is 0.610. The third-order valence-electron chi connectivity index (χ3n) is 4.51. The number of aryl methyl sites for hydroxylation is 2. The van der Waals surface area contributed by atoms with Crippen LogP contribution in [0.4, 0.5) is 0 Å². The second kappa shape index (κ2) is 8.12. The number of nitrogens with zero attached hydrogens (tertiary/aromatic N) is 2. The maximum absolute atomic E-state index is 12.5. The van der Waals surface area contributed by atoms with Crippen molar-refractivity contribution in [2.24, 2.45) is 0 Å². The molecule has 0 saturated carbocycles. The summed E-state index contributed by atoms with van der Waals surface area (Å²) >= 11 is 0. The standard InChI is InChI=1S/C21H22N2O5/c1-5-23-18-8-6-14(11-17(18)22-13(2)20(23)24)21(25)28-12-15-10-16(26-3)7-9-19(15)27-4/h6-11H,5,12H2,1-4H3. The van der Waals surface area contributed by atoms with Crippen LogP contribution in [-0.4, -0.2) is 29.7 Å². The van der Waals surface area contributed by atoms with Gasteiger partial charge in [0.15, 0.2) is 0 Å². The Morgan fingerprint density at radius 3 is 2.57 bits per heavy atom. The zero-order chi connectivity index (χ0) is 20.3. The van der Waals surface area contributed by atoms with E-state index in [2.05, 4.69) is 4.98 Å². The molecule has 0 bridgehead atoms. The lowest BCUT2D eigenvalue weighted by atomic mass is 10.1. The Balaban J connectivity index is 1.86. The number of hydrogen-bond donors (Lipinski definition) is 0. The largest absolute Gasteiger partial charge is 0.497 e. The minimum absolute atomic E-state index is 0.0398. The fraction of sp³-hybridized carbons (Fsp3) is 0.286. The van der Waals surface area contributed by atoms with Gasteiger partial charge in [0.05, 0.1) is 30.8 Å². The molecule has 0 unspecified atom stereocenters. The summed E-state index contributed by atoms with van der Waals surface area (Å²) in [5.41, 5.74) is 2.58. The normalized spacial score (nSPS) is 10.7. The number of rotatable bonds is 6. The van der Waals surface area contributed by atoms with E-state index in [4.69, 9.17) is 14.2 Å². The van der Waals surface area contributed by atoms with E-state index in [1.54, 1.807) is 62.1 Å². The van der Waals surface area contributed by atoms with E-state index in [0.717, 1.165) is 0 Å². The Labute approximate surface area is 162 Å². The molecule has 1 heterocycles. The van der Waals surface area contributed by atoms with E-state index >= 15 is 0 Å². The summed E-state index contributed by atoms with van der Waals surface area (Å²) in [6.45, 7) is 4.12. The minimum atomic E-state index is -0.486. The van der Waals surface area contributed by atoms with Gasteiger partial charge in [-0.15, -0.1) is 0 Å². The number of aromatic nitrogens is 2. The summed E-state index contributed by atoms with van der Waals surface area (Å²) in [6.07, 6.45) is 0. The molecule has 0 aliphatic carbocycles. The molecule has 28 heavy (non-hydrogen) atoms. The predicted molar refractivity (Wildman–Crippen MR) is 105 cm³/mol. The van der Waals surface area contributed by atoms with Crippen LogP contribution in [0.3, 0.4) is 0 Å². The van der Waals surface area contributed by atoms with Crippen molar-refractivity contribution in [1.82, 2.24) is 9.55 Å². The van der Waals surface area contributed by atoms with Crippen LogP contribution >= 0.6 is 0 Å². The van der Waals surface area contributed by atoms with Crippen molar-refractivity contribution >= 4 is 17.0 Å². The van der Waals surface area contributed by atoms with Gasteiger partial charge in [-0.25, -0.2) is 9.78 Å². The molecular weight excluding hydrogens is 360 g/mol. The summed E-state index contributed by atoms with van der Waals surface area (Å²) in [4.78, 5) is 29.0. The third kappa shape index (κ3) is 3.69. The van der Waals surface area contributed by atoms with Gasteiger partial charge in [0, 0.05) is 12.1 Å². The molecule has 3 aromatic rings. The lowest BCUT2D eigenvalue weighted by Gasteiger charge is -2.12. The van der Waals surface area contributed by atoms with Crippen LogP contribution in [0.2, 0.25) is 0 Å². The van der Waals surface area contributed by atoms with Crippen LogP contribution in [0, 0.1) is 6.92 Å². The number of fused-ring (bicyclic) bond motifs is 1. The smallest absolute Gasteiger partial charge is 0.338 e. The molecule has 0 saturated heterocycles. The number of hydrogen-bond acceptors (Lipinski definition) is 6. The Morgan fingerprint density at radius 2 is 1.89 bits per heavy atom. The fourth-order valence-corrected chi connectivity index (χ4v) is 3.04. The van der Waals surface area contributed by atoms with Crippen LogP contribution in [0.25, 0.3) is 11.0 Å². The molecule has 3 rings (SSSR count). The Hall–Kier alpha value is -3.35. The van der Waals surface area contributed by atoms with E-state index < -0.39 is 5.97 Å². The Bertz CT molecular complexity index is 1090. The van der Waals surface area contributed by atoms with Crippen molar-refractivity contribution < 1.29 is 19.0 Å². The van der Waals surface area contributed by atoms with Crippen molar-refractivity contribution in [2.45, 2.75) is 27.0 Å². The van der Waals surface area contributed by atoms with Gasteiger partial charge in [0.2, 0.25) is 0 Å². The van der Waals surface area contributed by atoms with Crippen LogP contribution < -0.4 is 15.0 Å². The van der Waals surface area contributed by atoms with Gasteiger partial charge in [-0.05, 0) is 50.2 Å². The van der Waals surface area contributed by atoms with E-state index in [1.165, 1.54) is 0 Å². The molecule has 0 amide bonds. The van der Waals surface area contributed by atoms with Gasteiger partial charge >= 0.3 is 5.97 Å². The predicted octanol–water partition coefficient (Wildman–Crippen LogP) is 3.10. The second-order valence-corrected chi connectivity index (χ2v) is 6.20. The minimum Gasteiger partial charge on any atom is -0.497 e. The highest BCUT2D eigenvalue weighted by Gasteiger charge is 2.14. The lowest BCUT2D eigenvalue weighted by molar-refractivity contribution is 0.0470. The molecule has 0 spiro atoms. The number of benzene rings is 2. The molecule has 0 aliphatic heterocycles. The van der Waals surface area contributed by atoms with Gasteiger partial charge in [-0.1, -0.05) is 0 Å². The van der Waals surface area contributed by atoms with E-state index in [-0.39, 0.29) is 12.2 Å². The first-order valence-electron chi connectivity index (χ1n) is 8.87. The molecule has 2 aromatic carbocycles. The molecule has 1 aromatic heterocycles. The third-order valence-corrected chi connectivity index (χ3v) is 4.51. The maximum Gasteiger partial charge on any atom is 0.338 e. The van der Waals surface area contributed by atoms with Crippen molar-refractivity contribution in [1.29, 1.82) is 0 Å².